The molecule has 1 aromatic heterocycles. The third kappa shape index (κ3) is 4.58. The maximum absolute atomic E-state index is 12.6. The number of hydrogen-bond donors (Lipinski definition) is 0. The van der Waals surface area contributed by atoms with Crippen molar-refractivity contribution in [3.05, 3.63) is 70.1 Å². The molecule has 26 heavy (non-hydrogen) atoms. The molecule has 0 spiro atoms. The first-order valence-electron chi connectivity index (χ1n) is 8.71. The number of rotatable bonds is 7. The van der Waals surface area contributed by atoms with Gasteiger partial charge < -0.3 is 14.0 Å². The Morgan fingerprint density at radius 1 is 1.04 bits per heavy atom. The Bertz CT molecular complexity index is 932. The van der Waals surface area contributed by atoms with Crippen LogP contribution >= 0.6 is 11.6 Å². The van der Waals surface area contributed by atoms with Crippen molar-refractivity contribution < 1.29 is 9.47 Å². The summed E-state index contributed by atoms with van der Waals surface area (Å²) in [5, 5.41) is 2.27. The molecule has 3 rings (SSSR count). The maximum atomic E-state index is 12.6. The van der Waals surface area contributed by atoms with E-state index in [9.17, 15) is 4.79 Å². The number of benzene rings is 2. The summed E-state index contributed by atoms with van der Waals surface area (Å²) >= 11 is 5.85. The number of nitrogens with zero attached hydrogens (tertiary/aromatic N) is 1. The summed E-state index contributed by atoms with van der Waals surface area (Å²) in [5.74, 6) is 1.55. The molecule has 2 aromatic carbocycles. The summed E-state index contributed by atoms with van der Waals surface area (Å²) in [5.41, 5.74) is 0.00471. The third-order valence-corrected chi connectivity index (χ3v) is 4.20. The van der Waals surface area contributed by atoms with Gasteiger partial charge in [0.15, 0.2) is 0 Å². The number of hydrogen-bond acceptors (Lipinski definition) is 3. The van der Waals surface area contributed by atoms with Crippen molar-refractivity contribution in [3.8, 4) is 11.5 Å². The van der Waals surface area contributed by atoms with E-state index in [-0.39, 0.29) is 11.7 Å². The Morgan fingerprint density at radius 2 is 1.77 bits per heavy atom. The van der Waals surface area contributed by atoms with E-state index in [0.29, 0.717) is 23.6 Å². The topological polar surface area (TPSA) is 40.5 Å². The van der Waals surface area contributed by atoms with E-state index in [2.05, 4.69) is 0 Å². The Kier molecular flexibility index (Phi) is 5.84. The summed E-state index contributed by atoms with van der Waals surface area (Å²) < 4.78 is 13.1. The predicted octanol–water partition coefficient (Wildman–Crippen LogP) is 4.91. The Labute approximate surface area is 157 Å². The van der Waals surface area contributed by atoms with Crippen molar-refractivity contribution in [2.24, 2.45) is 0 Å². The number of pyridine rings is 1. The van der Waals surface area contributed by atoms with Gasteiger partial charge in [0.1, 0.15) is 11.5 Å². The molecule has 0 saturated heterocycles. The minimum absolute atomic E-state index is 0.00471. The molecular weight excluding hydrogens is 350 g/mol. The molecule has 0 N–H and O–H groups in total. The van der Waals surface area contributed by atoms with Crippen LogP contribution in [0, 0.1) is 0 Å². The number of fused-ring (bicyclic) bond motifs is 1. The molecule has 0 unspecified atom stereocenters. The molecule has 5 heteroatoms. The molecule has 0 fully saturated rings. The van der Waals surface area contributed by atoms with Gasteiger partial charge in [0.25, 0.3) is 5.56 Å². The van der Waals surface area contributed by atoms with Crippen molar-refractivity contribution in [1.82, 2.24) is 4.57 Å². The molecule has 0 aliphatic rings. The van der Waals surface area contributed by atoms with Crippen LogP contribution in [0.3, 0.4) is 0 Å². The van der Waals surface area contributed by atoms with E-state index in [0.717, 1.165) is 23.3 Å². The second kappa shape index (κ2) is 8.28. The van der Waals surface area contributed by atoms with Crippen LogP contribution in [-0.2, 0) is 6.54 Å². The van der Waals surface area contributed by atoms with Crippen molar-refractivity contribution in [2.45, 2.75) is 32.9 Å². The van der Waals surface area contributed by atoms with Crippen molar-refractivity contribution in [2.75, 3.05) is 6.61 Å². The van der Waals surface area contributed by atoms with Gasteiger partial charge in [0.2, 0.25) is 0 Å². The Balaban J connectivity index is 1.63. The smallest absolute Gasteiger partial charge is 0.258 e. The summed E-state index contributed by atoms with van der Waals surface area (Å²) in [6.45, 7) is 5.10. The second-order valence-corrected chi connectivity index (χ2v) is 6.82. The standard InChI is InChI=1S/C21H22ClNO3/c1-15(2)26-19-8-9-20-16(14-19)10-12-23(21(20)24)11-3-13-25-18-6-4-17(22)5-7-18/h4-10,12,14-15H,3,11,13H2,1-2H3. The number of halogens is 1. The minimum Gasteiger partial charge on any atom is -0.494 e. The van der Waals surface area contributed by atoms with Crippen LogP contribution in [0.25, 0.3) is 10.8 Å². The highest BCUT2D eigenvalue weighted by Gasteiger charge is 2.05. The highest BCUT2D eigenvalue weighted by molar-refractivity contribution is 6.30. The average molecular weight is 372 g/mol. The van der Waals surface area contributed by atoms with Crippen LogP contribution in [0.2, 0.25) is 5.02 Å². The first-order valence-corrected chi connectivity index (χ1v) is 9.09. The zero-order valence-corrected chi connectivity index (χ0v) is 15.7. The normalized spacial score (nSPS) is 11.1. The number of aryl methyl sites for hydroxylation is 1. The Morgan fingerprint density at radius 3 is 2.50 bits per heavy atom. The number of aromatic nitrogens is 1. The fraction of sp³-hybridized carbons (Fsp3) is 0.286. The molecule has 0 aliphatic carbocycles. The lowest BCUT2D eigenvalue weighted by atomic mass is 10.1. The van der Waals surface area contributed by atoms with Gasteiger partial charge in [-0.2, -0.15) is 0 Å². The average Bonchev–Trinajstić information content (AvgIpc) is 2.61. The molecular formula is C21H22ClNO3. The van der Waals surface area contributed by atoms with Gasteiger partial charge in [0, 0.05) is 23.2 Å². The van der Waals surface area contributed by atoms with Gasteiger partial charge in [-0.05, 0) is 74.2 Å². The van der Waals surface area contributed by atoms with Crippen molar-refractivity contribution in [3.63, 3.8) is 0 Å². The van der Waals surface area contributed by atoms with E-state index < -0.39 is 0 Å². The van der Waals surface area contributed by atoms with Crippen molar-refractivity contribution >= 4 is 22.4 Å². The summed E-state index contributed by atoms with van der Waals surface area (Å²) in [7, 11) is 0. The van der Waals surface area contributed by atoms with Crippen LogP contribution in [0.1, 0.15) is 20.3 Å². The van der Waals surface area contributed by atoms with Crippen LogP contribution < -0.4 is 15.0 Å². The molecule has 0 atom stereocenters. The molecule has 1 heterocycles. The highest BCUT2D eigenvalue weighted by Crippen LogP contribution is 2.19. The van der Waals surface area contributed by atoms with Crippen LogP contribution in [-0.4, -0.2) is 17.3 Å². The Hall–Kier alpha value is -2.46. The SMILES string of the molecule is CC(C)Oc1ccc2c(=O)n(CCCOc3ccc(Cl)cc3)ccc2c1. The fourth-order valence-electron chi connectivity index (χ4n) is 2.74. The van der Waals surface area contributed by atoms with Gasteiger partial charge >= 0.3 is 0 Å². The van der Waals surface area contributed by atoms with Crippen LogP contribution in [0.4, 0.5) is 0 Å². The highest BCUT2D eigenvalue weighted by atomic mass is 35.5. The van der Waals surface area contributed by atoms with E-state index in [1.165, 1.54) is 0 Å². The maximum Gasteiger partial charge on any atom is 0.258 e. The summed E-state index contributed by atoms with van der Waals surface area (Å²) in [4.78, 5) is 12.6. The van der Waals surface area contributed by atoms with Gasteiger partial charge in [-0.1, -0.05) is 11.6 Å². The van der Waals surface area contributed by atoms with Crippen LogP contribution in [0.5, 0.6) is 11.5 Å². The molecule has 0 bridgehead atoms. The lowest BCUT2D eigenvalue weighted by Gasteiger charge is -2.12. The zero-order valence-electron chi connectivity index (χ0n) is 14.9. The molecule has 4 nitrogen and oxygen atoms in total. The van der Waals surface area contributed by atoms with Gasteiger partial charge in [-0.3, -0.25) is 4.79 Å². The monoisotopic (exact) mass is 371 g/mol. The molecule has 0 aliphatic heterocycles. The summed E-state index contributed by atoms with van der Waals surface area (Å²) in [6, 6.07) is 14.8. The largest absolute Gasteiger partial charge is 0.494 e. The lowest BCUT2D eigenvalue weighted by molar-refractivity contribution is 0.243. The molecule has 3 aromatic rings. The first-order chi connectivity index (χ1) is 12.5. The predicted molar refractivity (Wildman–Crippen MR) is 106 cm³/mol. The van der Waals surface area contributed by atoms with E-state index in [1.807, 2.05) is 56.4 Å². The number of ether oxygens (including phenoxy) is 2. The molecule has 136 valence electrons. The van der Waals surface area contributed by atoms with E-state index in [1.54, 1.807) is 16.7 Å². The molecule has 0 radical (unpaired) electrons. The van der Waals surface area contributed by atoms with Gasteiger partial charge in [-0.25, -0.2) is 0 Å². The fourth-order valence-corrected chi connectivity index (χ4v) is 2.87. The quantitative estimate of drug-likeness (QED) is 0.554. The van der Waals surface area contributed by atoms with E-state index in [4.69, 9.17) is 21.1 Å². The third-order valence-electron chi connectivity index (χ3n) is 3.95. The van der Waals surface area contributed by atoms with Gasteiger partial charge in [0.05, 0.1) is 12.7 Å². The minimum atomic E-state index is 0.00471. The first kappa shape index (κ1) is 18.3. The lowest BCUT2D eigenvalue weighted by Crippen LogP contribution is -2.20. The summed E-state index contributed by atoms with van der Waals surface area (Å²) in [6.07, 6.45) is 2.67. The van der Waals surface area contributed by atoms with Crippen molar-refractivity contribution in [1.29, 1.82) is 0 Å². The van der Waals surface area contributed by atoms with E-state index >= 15 is 0 Å². The zero-order chi connectivity index (χ0) is 18.5. The molecule has 0 saturated carbocycles. The van der Waals surface area contributed by atoms with Crippen LogP contribution in [0.15, 0.2) is 59.5 Å². The second-order valence-electron chi connectivity index (χ2n) is 6.39. The molecule has 0 amide bonds. The van der Waals surface area contributed by atoms with Gasteiger partial charge in [-0.15, -0.1) is 0 Å².